The molecule has 5 heteroatoms. The number of H-pyrrole nitrogens is 1. The van der Waals surface area contributed by atoms with Gasteiger partial charge in [0.25, 0.3) is 5.91 Å². The van der Waals surface area contributed by atoms with Gasteiger partial charge in [-0.1, -0.05) is 24.3 Å². The van der Waals surface area contributed by atoms with E-state index in [9.17, 15) is 4.79 Å². The Bertz CT molecular complexity index is 841. The predicted octanol–water partition coefficient (Wildman–Crippen LogP) is 2.82. The SMILES string of the molecule is O=C(NC1CCOc2ccccc21)c1cccc2[nH]ncc12. The van der Waals surface area contributed by atoms with Crippen molar-refractivity contribution in [3.8, 4) is 5.75 Å². The number of nitrogens with zero attached hydrogens (tertiary/aromatic N) is 1. The molecule has 1 atom stereocenters. The van der Waals surface area contributed by atoms with E-state index in [4.69, 9.17) is 4.74 Å². The summed E-state index contributed by atoms with van der Waals surface area (Å²) in [6.07, 6.45) is 2.45. The maximum absolute atomic E-state index is 12.6. The summed E-state index contributed by atoms with van der Waals surface area (Å²) in [7, 11) is 0. The predicted molar refractivity (Wildman–Crippen MR) is 82.9 cm³/mol. The molecule has 0 bridgehead atoms. The number of aromatic amines is 1. The van der Waals surface area contributed by atoms with Gasteiger partial charge in [0.15, 0.2) is 0 Å². The zero-order chi connectivity index (χ0) is 14.9. The van der Waals surface area contributed by atoms with Gasteiger partial charge >= 0.3 is 0 Å². The van der Waals surface area contributed by atoms with Crippen LogP contribution in [0, 0.1) is 0 Å². The van der Waals surface area contributed by atoms with Crippen molar-refractivity contribution in [2.45, 2.75) is 12.5 Å². The molecule has 22 heavy (non-hydrogen) atoms. The molecule has 2 aromatic carbocycles. The molecule has 1 aromatic heterocycles. The van der Waals surface area contributed by atoms with Crippen LogP contribution in [0.5, 0.6) is 5.75 Å². The number of carbonyl (C=O) groups is 1. The highest BCUT2D eigenvalue weighted by molar-refractivity contribution is 6.06. The molecule has 0 radical (unpaired) electrons. The van der Waals surface area contributed by atoms with E-state index in [0.717, 1.165) is 28.6 Å². The number of amides is 1. The Morgan fingerprint density at radius 3 is 3.09 bits per heavy atom. The summed E-state index contributed by atoms with van der Waals surface area (Å²) < 4.78 is 5.63. The molecule has 110 valence electrons. The Morgan fingerprint density at radius 1 is 1.23 bits per heavy atom. The van der Waals surface area contributed by atoms with Crippen molar-refractivity contribution in [3.63, 3.8) is 0 Å². The standard InChI is InChI=1S/C17H15N3O2/c21-17(11-5-3-6-15-13(11)10-18-20-15)19-14-8-9-22-16-7-2-1-4-12(14)16/h1-7,10,14H,8-9H2,(H,18,20)(H,19,21). The molecule has 1 unspecified atom stereocenters. The van der Waals surface area contributed by atoms with Crippen molar-refractivity contribution in [1.29, 1.82) is 0 Å². The van der Waals surface area contributed by atoms with Gasteiger partial charge in [-0.3, -0.25) is 9.89 Å². The van der Waals surface area contributed by atoms with Gasteiger partial charge in [-0.2, -0.15) is 5.10 Å². The van der Waals surface area contributed by atoms with Gasteiger partial charge in [0, 0.05) is 17.4 Å². The first-order valence-corrected chi connectivity index (χ1v) is 7.27. The van der Waals surface area contributed by atoms with Crippen molar-refractivity contribution in [2.24, 2.45) is 0 Å². The molecule has 1 amide bonds. The lowest BCUT2D eigenvalue weighted by Crippen LogP contribution is -2.32. The number of hydrogen-bond acceptors (Lipinski definition) is 3. The minimum Gasteiger partial charge on any atom is -0.493 e. The van der Waals surface area contributed by atoms with Crippen LogP contribution in [0.3, 0.4) is 0 Å². The molecule has 2 N–H and O–H groups in total. The average molecular weight is 293 g/mol. The van der Waals surface area contributed by atoms with Gasteiger partial charge in [0.05, 0.1) is 29.9 Å². The van der Waals surface area contributed by atoms with E-state index in [-0.39, 0.29) is 11.9 Å². The van der Waals surface area contributed by atoms with Crippen LogP contribution in [-0.4, -0.2) is 22.7 Å². The quantitative estimate of drug-likeness (QED) is 0.763. The number of nitrogens with one attached hydrogen (secondary N) is 2. The first-order valence-electron chi connectivity index (χ1n) is 7.27. The second-order valence-corrected chi connectivity index (χ2v) is 5.34. The molecule has 0 saturated heterocycles. The number of carbonyl (C=O) groups excluding carboxylic acids is 1. The number of rotatable bonds is 2. The fourth-order valence-electron chi connectivity index (χ4n) is 2.89. The lowest BCUT2D eigenvalue weighted by Gasteiger charge is -2.26. The summed E-state index contributed by atoms with van der Waals surface area (Å²) in [4.78, 5) is 12.6. The van der Waals surface area contributed by atoms with Gasteiger partial charge in [-0.15, -0.1) is 0 Å². The third kappa shape index (κ3) is 2.11. The average Bonchev–Trinajstić information content (AvgIpc) is 3.03. The van der Waals surface area contributed by atoms with E-state index in [2.05, 4.69) is 15.5 Å². The van der Waals surface area contributed by atoms with Gasteiger partial charge in [-0.25, -0.2) is 0 Å². The van der Waals surface area contributed by atoms with Gasteiger partial charge in [0.2, 0.25) is 0 Å². The zero-order valence-corrected chi connectivity index (χ0v) is 11.9. The Morgan fingerprint density at radius 2 is 2.14 bits per heavy atom. The summed E-state index contributed by atoms with van der Waals surface area (Å²) in [6, 6.07) is 13.4. The highest BCUT2D eigenvalue weighted by Crippen LogP contribution is 2.31. The minimum absolute atomic E-state index is 0.0281. The Labute approximate surface area is 127 Å². The van der Waals surface area contributed by atoms with E-state index in [1.165, 1.54) is 0 Å². The van der Waals surface area contributed by atoms with Crippen LogP contribution in [0.1, 0.15) is 28.4 Å². The third-order valence-electron chi connectivity index (χ3n) is 3.99. The van der Waals surface area contributed by atoms with E-state index in [1.807, 2.05) is 42.5 Å². The summed E-state index contributed by atoms with van der Waals surface area (Å²) in [6.45, 7) is 0.609. The van der Waals surface area contributed by atoms with E-state index in [0.29, 0.717) is 12.2 Å². The van der Waals surface area contributed by atoms with Crippen molar-refractivity contribution in [1.82, 2.24) is 15.5 Å². The molecular weight excluding hydrogens is 278 g/mol. The van der Waals surface area contributed by atoms with E-state index in [1.54, 1.807) is 6.20 Å². The van der Waals surface area contributed by atoms with Crippen molar-refractivity contribution in [3.05, 3.63) is 59.8 Å². The normalized spacial score (nSPS) is 16.8. The molecule has 0 spiro atoms. The van der Waals surface area contributed by atoms with Crippen molar-refractivity contribution < 1.29 is 9.53 Å². The molecule has 3 aromatic rings. The number of benzene rings is 2. The molecular formula is C17H15N3O2. The fourth-order valence-corrected chi connectivity index (χ4v) is 2.89. The lowest BCUT2D eigenvalue weighted by atomic mass is 10.00. The van der Waals surface area contributed by atoms with Crippen LogP contribution in [0.25, 0.3) is 10.9 Å². The number of ether oxygens (including phenoxy) is 1. The lowest BCUT2D eigenvalue weighted by molar-refractivity contribution is 0.0926. The number of para-hydroxylation sites is 1. The largest absolute Gasteiger partial charge is 0.493 e. The second-order valence-electron chi connectivity index (χ2n) is 5.34. The molecule has 2 heterocycles. The van der Waals surface area contributed by atoms with E-state index >= 15 is 0 Å². The minimum atomic E-state index is -0.0892. The van der Waals surface area contributed by atoms with Crippen LogP contribution < -0.4 is 10.1 Å². The Kier molecular flexibility index (Phi) is 3.04. The molecule has 0 fully saturated rings. The van der Waals surface area contributed by atoms with Crippen LogP contribution in [-0.2, 0) is 0 Å². The molecule has 4 rings (SSSR count). The topological polar surface area (TPSA) is 67.0 Å². The Balaban J connectivity index is 1.64. The Hall–Kier alpha value is -2.82. The number of aromatic nitrogens is 2. The van der Waals surface area contributed by atoms with Crippen LogP contribution in [0.15, 0.2) is 48.7 Å². The molecule has 1 aliphatic heterocycles. The van der Waals surface area contributed by atoms with Crippen molar-refractivity contribution >= 4 is 16.8 Å². The maximum atomic E-state index is 12.6. The highest BCUT2D eigenvalue weighted by atomic mass is 16.5. The summed E-state index contributed by atoms with van der Waals surface area (Å²) >= 11 is 0. The van der Waals surface area contributed by atoms with Crippen LogP contribution in [0.2, 0.25) is 0 Å². The van der Waals surface area contributed by atoms with Crippen LogP contribution in [0.4, 0.5) is 0 Å². The zero-order valence-electron chi connectivity index (χ0n) is 11.9. The monoisotopic (exact) mass is 293 g/mol. The molecule has 0 saturated carbocycles. The molecule has 0 aliphatic carbocycles. The second kappa shape index (κ2) is 5.18. The van der Waals surface area contributed by atoms with Gasteiger partial charge < -0.3 is 10.1 Å². The number of hydrogen-bond donors (Lipinski definition) is 2. The van der Waals surface area contributed by atoms with E-state index < -0.39 is 0 Å². The molecule has 1 aliphatic rings. The summed E-state index contributed by atoms with van der Waals surface area (Å²) in [5, 5.41) is 10.8. The maximum Gasteiger partial charge on any atom is 0.252 e. The highest BCUT2D eigenvalue weighted by Gasteiger charge is 2.23. The third-order valence-corrected chi connectivity index (χ3v) is 3.99. The first kappa shape index (κ1) is 12.9. The number of fused-ring (bicyclic) bond motifs is 2. The van der Waals surface area contributed by atoms with Gasteiger partial charge in [0.1, 0.15) is 5.75 Å². The summed E-state index contributed by atoms with van der Waals surface area (Å²) in [5.74, 6) is 0.759. The smallest absolute Gasteiger partial charge is 0.252 e. The van der Waals surface area contributed by atoms with Crippen molar-refractivity contribution in [2.75, 3.05) is 6.61 Å². The first-order chi connectivity index (χ1) is 10.8. The fraction of sp³-hybridized carbons (Fsp3) is 0.176. The van der Waals surface area contributed by atoms with Gasteiger partial charge in [-0.05, 0) is 18.2 Å². The van der Waals surface area contributed by atoms with Crippen LogP contribution >= 0.6 is 0 Å². The molecule has 5 nitrogen and oxygen atoms in total. The summed E-state index contributed by atoms with van der Waals surface area (Å²) in [5.41, 5.74) is 2.52.